The molecule has 1 aliphatic rings. The molecule has 1 saturated heterocycles. The highest BCUT2D eigenvalue weighted by Gasteiger charge is 2.32. The van der Waals surface area contributed by atoms with Gasteiger partial charge in [0.1, 0.15) is 5.82 Å². The average Bonchev–Trinajstić information content (AvgIpc) is 2.26. The molecule has 2 rings (SSSR count). The van der Waals surface area contributed by atoms with Gasteiger partial charge in [0.05, 0.1) is 5.54 Å². The van der Waals surface area contributed by atoms with Crippen molar-refractivity contribution in [1.82, 2.24) is 10.6 Å². The Bertz CT molecular complexity index is 475. The molecule has 0 aromatic heterocycles. The SMILES string of the molecule is CC(C(=O)NC(C)(C)c1cccc(F)c1)C1CNC1.Cl. The van der Waals surface area contributed by atoms with E-state index in [1.54, 1.807) is 6.07 Å². The number of carbonyl (C=O) groups excluding carboxylic acids is 1. The predicted octanol–water partition coefficient (Wildman–Crippen LogP) is 2.45. The lowest BCUT2D eigenvalue weighted by Crippen LogP contribution is -2.52. The maximum Gasteiger partial charge on any atom is 0.223 e. The monoisotopic (exact) mass is 300 g/mol. The summed E-state index contributed by atoms with van der Waals surface area (Å²) in [6.45, 7) is 7.53. The molecule has 1 unspecified atom stereocenters. The maximum absolute atomic E-state index is 13.3. The van der Waals surface area contributed by atoms with Gasteiger partial charge < -0.3 is 10.6 Å². The topological polar surface area (TPSA) is 41.1 Å². The van der Waals surface area contributed by atoms with E-state index in [-0.39, 0.29) is 30.0 Å². The number of carbonyl (C=O) groups is 1. The minimum atomic E-state index is -0.565. The first kappa shape index (κ1) is 16.9. The Morgan fingerprint density at radius 3 is 2.60 bits per heavy atom. The van der Waals surface area contributed by atoms with Crippen LogP contribution in [0.4, 0.5) is 4.39 Å². The summed E-state index contributed by atoms with van der Waals surface area (Å²) in [5.41, 5.74) is 0.213. The van der Waals surface area contributed by atoms with Crippen molar-refractivity contribution >= 4 is 18.3 Å². The number of hydrogen-bond donors (Lipinski definition) is 2. The number of nitrogens with one attached hydrogen (secondary N) is 2. The van der Waals surface area contributed by atoms with Crippen LogP contribution in [0.25, 0.3) is 0 Å². The number of halogens is 2. The average molecular weight is 301 g/mol. The minimum absolute atomic E-state index is 0. The molecule has 1 aromatic carbocycles. The van der Waals surface area contributed by atoms with Crippen molar-refractivity contribution in [3.05, 3.63) is 35.6 Å². The molecule has 0 bridgehead atoms. The Morgan fingerprint density at radius 2 is 2.10 bits per heavy atom. The largest absolute Gasteiger partial charge is 0.347 e. The molecule has 0 spiro atoms. The second kappa shape index (κ2) is 6.55. The summed E-state index contributed by atoms with van der Waals surface area (Å²) < 4.78 is 13.3. The van der Waals surface area contributed by atoms with E-state index in [1.165, 1.54) is 12.1 Å². The molecule has 0 radical (unpaired) electrons. The van der Waals surface area contributed by atoms with Crippen molar-refractivity contribution in [3.63, 3.8) is 0 Å². The van der Waals surface area contributed by atoms with Crippen LogP contribution in [-0.2, 0) is 10.3 Å². The summed E-state index contributed by atoms with van der Waals surface area (Å²) in [5, 5.41) is 6.18. The van der Waals surface area contributed by atoms with Crippen LogP contribution in [0.3, 0.4) is 0 Å². The van der Waals surface area contributed by atoms with Crippen molar-refractivity contribution in [1.29, 1.82) is 0 Å². The van der Waals surface area contributed by atoms with Crippen LogP contribution in [0.5, 0.6) is 0 Å². The lowest BCUT2D eigenvalue weighted by atomic mass is 9.86. The molecule has 3 nitrogen and oxygen atoms in total. The summed E-state index contributed by atoms with van der Waals surface area (Å²) in [6, 6.07) is 6.37. The summed E-state index contributed by atoms with van der Waals surface area (Å²) in [5.74, 6) is 0.134. The lowest BCUT2D eigenvalue weighted by molar-refractivity contribution is -0.128. The van der Waals surface area contributed by atoms with Gasteiger partial charge in [-0.05, 0) is 50.6 Å². The molecular weight excluding hydrogens is 279 g/mol. The Balaban J connectivity index is 0.00000200. The smallest absolute Gasteiger partial charge is 0.223 e. The highest BCUT2D eigenvalue weighted by molar-refractivity contribution is 5.85. The van der Waals surface area contributed by atoms with Gasteiger partial charge in [0.15, 0.2) is 0 Å². The van der Waals surface area contributed by atoms with Crippen LogP contribution in [0.1, 0.15) is 26.3 Å². The number of benzene rings is 1. The van der Waals surface area contributed by atoms with E-state index in [2.05, 4.69) is 10.6 Å². The quantitative estimate of drug-likeness (QED) is 0.897. The molecular formula is C15H22ClFN2O. The normalized spacial score (nSPS) is 16.8. The van der Waals surface area contributed by atoms with Gasteiger partial charge >= 0.3 is 0 Å². The third-order valence-electron chi connectivity index (χ3n) is 3.92. The van der Waals surface area contributed by atoms with Gasteiger partial charge in [0.25, 0.3) is 0 Å². The zero-order valence-corrected chi connectivity index (χ0v) is 12.9. The Hall–Kier alpha value is -1.13. The second-order valence-corrected chi connectivity index (χ2v) is 5.83. The third kappa shape index (κ3) is 3.70. The maximum atomic E-state index is 13.3. The molecule has 5 heteroatoms. The van der Waals surface area contributed by atoms with Gasteiger partial charge in [-0.15, -0.1) is 12.4 Å². The fourth-order valence-corrected chi connectivity index (χ4v) is 2.25. The fraction of sp³-hybridized carbons (Fsp3) is 0.533. The van der Waals surface area contributed by atoms with Crippen LogP contribution in [0.15, 0.2) is 24.3 Å². The van der Waals surface area contributed by atoms with E-state index in [0.717, 1.165) is 18.7 Å². The molecule has 112 valence electrons. The summed E-state index contributed by atoms with van der Waals surface area (Å²) in [4.78, 5) is 12.2. The molecule has 1 amide bonds. The first-order chi connectivity index (χ1) is 8.90. The van der Waals surface area contributed by atoms with Crippen molar-refractivity contribution < 1.29 is 9.18 Å². The van der Waals surface area contributed by atoms with Gasteiger partial charge in [-0.3, -0.25) is 4.79 Å². The zero-order chi connectivity index (χ0) is 14.0. The molecule has 20 heavy (non-hydrogen) atoms. The standard InChI is InChI=1S/C15H21FN2O.ClH/c1-10(11-8-17-9-11)14(19)18-15(2,3)12-5-4-6-13(16)7-12;/h4-7,10-11,17H,8-9H2,1-3H3,(H,18,19);1H. The van der Waals surface area contributed by atoms with E-state index in [0.29, 0.717) is 5.92 Å². The van der Waals surface area contributed by atoms with Crippen LogP contribution in [-0.4, -0.2) is 19.0 Å². The van der Waals surface area contributed by atoms with Crippen LogP contribution >= 0.6 is 12.4 Å². The second-order valence-electron chi connectivity index (χ2n) is 5.83. The number of rotatable bonds is 4. The molecule has 0 aliphatic carbocycles. The van der Waals surface area contributed by atoms with Crippen LogP contribution < -0.4 is 10.6 Å². The highest BCUT2D eigenvalue weighted by atomic mass is 35.5. The van der Waals surface area contributed by atoms with Crippen molar-refractivity contribution in [2.45, 2.75) is 26.3 Å². The van der Waals surface area contributed by atoms with Crippen LogP contribution in [0.2, 0.25) is 0 Å². The Kier molecular flexibility index (Phi) is 5.54. The van der Waals surface area contributed by atoms with Gasteiger partial charge in [0.2, 0.25) is 5.91 Å². The molecule has 1 aromatic rings. The summed E-state index contributed by atoms with van der Waals surface area (Å²) >= 11 is 0. The minimum Gasteiger partial charge on any atom is -0.347 e. The highest BCUT2D eigenvalue weighted by Crippen LogP contribution is 2.23. The van der Waals surface area contributed by atoms with Crippen molar-refractivity contribution in [3.8, 4) is 0 Å². The predicted molar refractivity (Wildman–Crippen MR) is 80.3 cm³/mol. The first-order valence-corrected chi connectivity index (χ1v) is 6.69. The Labute approximate surface area is 125 Å². The van der Waals surface area contributed by atoms with Crippen molar-refractivity contribution in [2.75, 3.05) is 13.1 Å². The first-order valence-electron chi connectivity index (χ1n) is 6.69. The summed E-state index contributed by atoms with van der Waals surface area (Å²) in [7, 11) is 0. The molecule has 1 heterocycles. The van der Waals surface area contributed by atoms with Gasteiger partial charge in [-0.1, -0.05) is 19.1 Å². The molecule has 1 fully saturated rings. The van der Waals surface area contributed by atoms with Gasteiger partial charge in [-0.25, -0.2) is 4.39 Å². The van der Waals surface area contributed by atoms with E-state index in [4.69, 9.17) is 0 Å². The van der Waals surface area contributed by atoms with Crippen molar-refractivity contribution in [2.24, 2.45) is 11.8 Å². The van der Waals surface area contributed by atoms with Gasteiger partial charge in [-0.2, -0.15) is 0 Å². The fourth-order valence-electron chi connectivity index (χ4n) is 2.25. The third-order valence-corrected chi connectivity index (χ3v) is 3.92. The number of hydrogen-bond acceptors (Lipinski definition) is 2. The van der Waals surface area contributed by atoms with Crippen LogP contribution in [0, 0.1) is 17.7 Å². The zero-order valence-electron chi connectivity index (χ0n) is 12.1. The molecule has 0 saturated carbocycles. The lowest BCUT2D eigenvalue weighted by Gasteiger charge is -2.35. The molecule has 1 atom stereocenters. The molecule has 2 N–H and O–H groups in total. The van der Waals surface area contributed by atoms with Gasteiger partial charge in [0, 0.05) is 5.92 Å². The van der Waals surface area contributed by atoms with E-state index < -0.39 is 5.54 Å². The summed E-state index contributed by atoms with van der Waals surface area (Å²) in [6.07, 6.45) is 0. The van der Waals surface area contributed by atoms with E-state index >= 15 is 0 Å². The van der Waals surface area contributed by atoms with E-state index in [9.17, 15) is 9.18 Å². The number of amides is 1. The van der Waals surface area contributed by atoms with E-state index in [1.807, 2.05) is 26.8 Å². The Morgan fingerprint density at radius 1 is 1.45 bits per heavy atom. The molecule has 1 aliphatic heterocycles.